The smallest absolute Gasteiger partial charge is 0.0949 e. The normalized spacial score (nSPS) is 11.0. The summed E-state index contributed by atoms with van der Waals surface area (Å²) in [5, 5.41) is 1.30. The van der Waals surface area contributed by atoms with E-state index in [1.807, 2.05) is 18.7 Å². The standard InChI is InChI=1S/C16H17N3/c1-13(2)9-19-11-14(10-18-8-7-17-12-18)15-5-3-4-6-16(15)19/h3-8,11-12H,1,9-10H2,2H3. The quantitative estimate of drug-likeness (QED) is 0.651. The molecule has 0 aliphatic rings. The van der Waals surface area contributed by atoms with Crippen molar-refractivity contribution >= 4 is 10.9 Å². The molecule has 0 aliphatic heterocycles. The Bertz CT molecular complexity index is 705. The number of benzene rings is 1. The van der Waals surface area contributed by atoms with Crippen molar-refractivity contribution in [3.8, 4) is 0 Å². The van der Waals surface area contributed by atoms with Gasteiger partial charge in [0.15, 0.2) is 0 Å². The molecule has 0 unspecified atom stereocenters. The van der Waals surface area contributed by atoms with E-state index in [4.69, 9.17) is 0 Å². The molecule has 0 spiro atoms. The van der Waals surface area contributed by atoms with Crippen LogP contribution in [0.3, 0.4) is 0 Å². The first kappa shape index (κ1) is 11.8. The van der Waals surface area contributed by atoms with Gasteiger partial charge in [0.2, 0.25) is 0 Å². The molecule has 3 nitrogen and oxygen atoms in total. The van der Waals surface area contributed by atoms with Gasteiger partial charge < -0.3 is 9.13 Å². The third kappa shape index (κ3) is 2.32. The third-order valence-electron chi connectivity index (χ3n) is 3.22. The lowest BCUT2D eigenvalue weighted by Crippen LogP contribution is -1.97. The van der Waals surface area contributed by atoms with Gasteiger partial charge in [0.05, 0.1) is 12.9 Å². The molecular formula is C16H17N3. The van der Waals surface area contributed by atoms with E-state index in [0.29, 0.717) is 0 Å². The van der Waals surface area contributed by atoms with Crippen LogP contribution < -0.4 is 0 Å². The molecule has 0 fully saturated rings. The van der Waals surface area contributed by atoms with Gasteiger partial charge in [0.25, 0.3) is 0 Å². The Kier molecular flexibility index (Phi) is 2.95. The fraction of sp³-hybridized carbons (Fsp3) is 0.188. The molecule has 2 aromatic heterocycles. The Hall–Kier alpha value is -2.29. The van der Waals surface area contributed by atoms with Crippen molar-refractivity contribution in [3.05, 3.63) is 66.9 Å². The van der Waals surface area contributed by atoms with E-state index in [-0.39, 0.29) is 0 Å². The largest absolute Gasteiger partial charge is 0.343 e. The van der Waals surface area contributed by atoms with Crippen LogP contribution in [-0.2, 0) is 13.1 Å². The van der Waals surface area contributed by atoms with E-state index in [9.17, 15) is 0 Å². The first-order valence-electron chi connectivity index (χ1n) is 6.41. The molecule has 0 radical (unpaired) electrons. The average Bonchev–Trinajstić information content (AvgIpc) is 2.99. The molecule has 0 N–H and O–H groups in total. The summed E-state index contributed by atoms with van der Waals surface area (Å²) in [6.07, 6.45) is 7.88. The highest BCUT2D eigenvalue weighted by atomic mass is 15.0. The minimum absolute atomic E-state index is 0.851. The fourth-order valence-electron chi connectivity index (χ4n) is 2.45. The van der Waals surface area contributed by atoms with Crippen LogP contribution in [0, 0.1) is 0 Å². The molecule has 3 aromatic rings. The number of rotatable bonds is 4. The van der Waals surface area contributed by atoms with Gasteiger partial charge in [-0.15, -0.1) is 0 Å². The zero-order valence-corrected chi connectivity index (χ0v) is 11.1. The van der Waals surface area contributed by atoms with Crippen LogP contribution in [0.15, 0.2) is 61.3 Å². The van der Waals surface area contributed by atoms with Crippen LogP contribution in [-0.4, -0.2) is 14.1 Å². The maximum absolute atomic E-state index is 4.10. The summed E-state index contributed by atoms with van der Waals surface area (Å²) in [4.78, 5) is 4.10. The highest BCUT2D eigenvalue weighted by molar-refractivity contribution is 5.84. The van der Waals surface area contributed by atoms with Gasteiger partial charge in [-0.25, -0.2) is 4.98 Å². The summed E-state index contributed by atoms with van der Waals surface area (Å²) in [5.74, 6) is 0. The second-order valence-corrected chi connectivity index (χ2v) is 4.99. The van der Waals surface area contributed by atoms with Crippen molar-refractivity contribution in [1.82, 2.24) is 14.1 Å². The molecule has 19 heavy (non-hydrogen) atoms. The van der Waals surface area contributed by atoms with Crippen LogP contribution in [0.5, 0.6) is 0 Å². The van der Waals surface area contributed by atoms with E-state index in [0.717, 1.165) is 18.7 Å². The van der Waals surface area contributed by atoms with Crippen LogP contribution >= 0.6 is 0 Å². The summed E-state index contributed by atoms with van der Waals surface area (Å²) >= 11 is 0. The maximum atomic E-state index is 4.10. The van der Waals surface area contributed by atoms with Crippen LogP contribution in [0.1, 0.15) is 12.5 Å². The van der Waals surface area contributed by atoms with Crippen molar-refractivity contribution < 1.29 is 0 Å². The molecular weight excluding hydrogens is 234 g/mol. The van der Waals surface area contributed by atoms with E-state index in [2.05, 4.69) is 58.1 Å². The minimum Gasteiger partial charge on any atom is -0.343 e. The summed E-state index contributed by atoms with van der Waals surface area (Å²) in [6.45, 7) is 7.78. The van der Waals surface area contributed by atoms with Gasteiger partial charge in [-0.1, -0.05) is 30.4 Å². The van der Waals surface area contributed by atoms with Crippen molar-refractivity contribution in [2.45, 2.75) is 20.0 Å². The zero-order valence-electron chi connectivity index (χ0n) is 11.1. The van der Waals surface area contributed by atoms with Gasteiger partial charge >= 0.3 is 0 Å². The lowest BCUT2D eigenvalue weighted by atomic mass is 10.2. The number of para-hydroxylation sites is 1. The molecule has 1 aromatic carbocycles. The fourth-order valence-corrected chi connectivity index (χ4v) is 2.45. The number of hydrogen-bond acceptors (Lipinski definition) is 1. The second-order valence-electron chi connectivity index (χ2n) is 4.99. The van der Waals surface area contributed by atoms with Gasteiger partial charge in [-0.2, -0.15) is 0 Å². The van der Waals surface area contributed by atoms with E-state index in [1.54, 1.807) is 0 Å². The Morgan fingerprint density at radius 3 is 2.89 bits per heavy atom. The highest BCUT2D eigenvalue weighted by Crippen LogP contribution is 2.22. The summed E-state index contributed by atoms with van der Waals surface area (Å²) in [5.41, 5.74) is 3.74. The van der Waals surface area contributed by atoms with E-state index < -0.39 is 0 Å². The van der Waals surface area contributed by atoms with Crippen LogP contribution in [0.2, 0.25) is 0 Å². The number of aromatic nitrogens is 3. The minimum atomic E-state index is 0.851. The lowest BCUT2D eigenvalue weighted by Gasteiger charge is -2.03. The topological polar surface area (TPSA) is 22.8 Å². The Labute approximate surface area is 112 Å². The van der Waals surface area contributed by atoms with Gasteiger partial charge in [-0.05, 0) is 18.6 Å². The molecule has 0 saturated carbocycles. The molecule has 96 valence electrons. The van der Waals surface area contributed by atoms with Crippen molar-refractivity contribution in [1.29, 1.82) is 0 Å². The van der Waals surface area contributed by atoms with Gasteiger partial charge in [-0.3, -0.25) is 0 Å². The molecule has 3 rings (SSSR count). The van der Waals surface area contributed by atoms with Crippen LogP contribution in [0.4, 0.5) is 0 Å². The van der Waals surface area contributed by atoms with Crippen molar-refractivity contribution in [3.63, 3.8) is 0 Å². The second kappa shape index (κ2) is 4.76. The van der Waals surface area contributed by atoms with Crippen molar-refractivity contribution in [2.75, 3.05) is 0 Å². The Morgan fingerprint density at radius 1 is 1.32 bits per heavy atom. The predicted molar refractivity (Wildman–Crippen MR) is 78.1 cm³/mol. The lowest BCUT2D eigenvalue weighted by molar-refractivity contribution is 0.779. The molecule has 3 heteroatoms. The molecule has 0 bridgehead atoms. The predicted octanol–water partition coefficient (Wildman–Crippen LogP) is 3.46. The number of fused-ring (bicyclic) bond motifs is 1. The first-order valence-corrected chi connectivity index (χ1v) is 6.41. The maximum Gasteiger partial charge on any atom is 0.0949 e. The number of imidazole rings is 1. The van der Waals surface area contributed by atoms with E-state index >= 15 is 0 Å². The summed E-state index contributed by atoms with van der Waals surface area (Å²) in [7, 11) is 0. The van der Waals surface area contributed by atoms with Gasteiger partial charge in [0, 0.05) is 36.0 Å². The summed E-state index contributed by atoms with van der Waals surface area (Å²) < 4.78 is 4.36. The third-order valence-corrected chi connectivity index (χ3v) is 3.22. The van der Waals surface area contributed by atoms with E-state index in [1.165, 1.54) is 16.5 Å². The molecule has 2 heterocycles. The van der Waals surface area contributed by atoms with Gasteiger partial charge in [0.1, 0.15) is 0 Å². The number of nitrogens with zero attached hydrogens (tertiary/aromatic N) is 3. The Balaban J connectivity index is 2.06. The van der Waals surface area contributed by atoms with Crippen molar-refractivity contribution in [2.24, 2.45) is 0 Å². The molecule has 0 aliphatic carbocycles. The first-order chi connectivity index (χ1) is 9.24. The SMILES string of the molecule is C=C(C)Cn1cc(Cn2ccnc2)c2ccccc21. The Morgan fingerprint density at radius 2 is 2.16 bits per heavy atom. The highest BCUT2D eigenvalue weighted by Gasteiger charge is 2.08. The molecule has 0 saturated heterocycles. The zero-order chi connectivity index (χ0) is 13.2. The average molecular weight is 251 g/mol. The molecule has 0 amide bonds. The monoisotopic (exact) mass is 251 g/mol. The molecule has 0 atom stereocenters. The number of hydrogen-bond donors (Lipinski definition) is 0. The summed E-state index contributed by atoms with van der Waals surface area (Å²) in [6, 6.07) is 8.51. The van der Waals surface area contributed by atoms with Crippen LogP contribution in [0.25, 0.3) is 10.9 Å². The number of allylic oxidation sites excluding steroid dienone is 1.